The van der Waals surface area contributed by atoms with Crippen LogP contribution in [0.5, 0.6) is 0 Å². The minimum Gasteiger partial charge on any atom is -0.375 e. The van der Waals surface area contributed by atoms with Gasteiger partial charge in [-0.05, 0) is 57.9 Å². The molecular formula is C18H25N5O2. The number of aromatic nitrogens is 3. The Balaban J connectivity index is 1.54. The molecule has 0 bridgehead atoms. The van der Waals surface area contributed by atoms with E-state index in [-0.39, 0.29) is 24.2 Å². The molecule has 2 N–H and O–H groups in total. The average Bonchev–Trinajstić information content (AvgIpc) is 3.09. The van der Waals surface area contributed by atoms with Crippen LogP contribution in [-0.4, -0.2) is 45.0 Å². The van der Waals surface area contributed by atoms with Crippen LogP contribution in [0.2, 0.25) is 0 Å². The zero-order chi connectivity index (χ0) is 17.8. The van der Waals surface area contributed by atoms with E-state index in [1.165, 1.54) is 6.33 Å². The first-order valence-electron chi connectivity index (χ1n) is 8.68. The molecule has 2 heterocycles. The molecule has 1 amide bonds. The molecule has 3 rings (SSSR count). The molecule has 1 unspecified atom stereocenters. The van der Waals surface area contributed by atoms with Gasteiger partial charge < -0.3 is 15.4 Å². The molecule has 1 saturated heterocycles. The summed E-state index contributed by atoms with van der Waals surface area (Å²) >= 11 is 0. The van der Waals surface area contributed by atoms with Crippen molar-refractivity contribution < 1.29 is 9.53 Å². The third-order valence-corrected chi connectivity index (χ3v) is 4.39. The number of nitrogens with zero attached hydrogens (tertiary/aromatic N) is 3. The lowest BCUT2D eigenvalue weighted by Gasteiger charge is -2.34. The van der Waals surface area contributed by atoms with Crippen LogP contribution in [-0.2, 0) is 9.53 Å². The van der Waals surface area contributed by atoms with Crippen LogP contribution in [0.4, 0.5) is 5.69 Å². The summed E-state index contributed by atoms with van der Waals surface area (Å²) in [5.41, 5.74) is 1.66. The summed E-state index contributed by atoms with van der Waals surface area (Å²) in [6.45, 7) is 6.04. The maximum Gasteiger partial charge on any atom is 0.241 e. The van der Waals surface area contributed by atoms with Gasteiger partial charge in [-0.1, -0.05) is 0 Å². The molecule has 0 saturated carbocycles. The molecule has 7 heteroatoms. The molecule has 0 spiro atoms. The molecule has 134 valence electrons. The van der Waals surface area contributed by atoms with Crippen LogP contribution in [0.3, 0.4) is 0 Å². The summed E-state index contributed by atoms with van der Waals surface area (Å²) in [5, 5.41) is 10.4. The van der Waals surface area contributed by atoms with Crippen LogP contribution in [0, 0.1) is 0 Å². The first kappa shape index (κ1) is 17.6. The summed E-state index contributed by atoms with van der Waals surface area (Å²) < 4.78 is 7.41. The van der Waals surface area contributed by atoms with Crippen LogP contribution >= 0.6 is 0 Å². The van der Waals surface area contributed by atoms with Gasteiger partial charge in [-0.2, -0.15) is 5.10 Å². The quantitative estimate of drug-likeness (QED) is 0.869. The van der Waals surface area contributed by atoms with Crippen molar-refractivity contribution in [1.82, 2.24) is 20.1 Å². The Morgan fingerprint density at radius 1 is 1.24 bits per heavy atom. The summed E-state index contributed by atoms with van der Waals surface area (Å²) in [6, 6.07) is 7.54. The summed E-state index contributed by atoms with van der Waals surface area (Å²) in [6.07, 6.45) is 5.42. The van der Waals surface area contributed by atoms with Crippen molar-refractivity contribution in [3.63, 3.8) is 0 Å². The fraction of sp³-hybridized carbons (Fsp3) is 0.500. The molecule has 1 fully saturated rings. The van der Waals surface area contributed by atoms with Crippen molar-refractivity contribution in [3.8, 4) is 5.69 Å². The zero-order valence-corrected chi connectivity index (χ0v) is 14.8. The second-order valence-corrected chi connectivity index (χ2v) is 6.69. The second kappa shape index (κ2) is 7.76. The minimum atomic E-state index is -0.266. The van der Waals surface area contributed by atoms with Crippen molar-refractivity contribution in [1.29, 1.82) is 0 Å². The highest BCUT2D eigenvalue weighted by molar-refractivity contribution is 5.94. The molecule has 0 aliphatic carbocycles. The Hall–Kier alpha value is -2.25. The fourth-order valence-corrected chi connectivity index (χ4v) is 3.26. The first-order valence-corrected chi connectivity index (χ1v) is 8.68. The van der Waals surface area contributed by atoms with E-state index < -0.39 is 0 Å². The van der Waals surface area contributed by atoms with Gasteiger partial charge in [0.05, 0.1) is 23.9 Å². The predicted octanol–water partition coefficient (Wildman–Crippen LogP) is 2.14. The van der Waals surface area contributed by atoms with Crippen LogP contribution < -0.4 is 10.6 Å². The van der Waals surface area contributed by atoms with E-state index in [9.17, 15) is 4.79 Å². The van der Waals surface area contributed by atoms with E-state index in [1.807, 2.05) is 31.2 Å². The lowest BCUT2D eigenvalue weighted by atomic mass is 9.99. The van der Waals surface area contributed by atoms with Crippen molar-refractivity contribution in [2.75, 3.05) is 5.32 Å². The molecule has 1 aromatic heterocycles. The molecule has 4 atom stereocenters. The maximum absolute atomic E-state index is 12.4. The van der Waals surface area contributed by atoms with Crippen LogP contribution in [0.1, 0.15) is 33.6 Å². The van der Waals surface area contributed by atoms with E-state index in [0.717, 1.165) is 24.2 Å². The first-order chi connectivity index (χ1) is 12.0. The number of hydrogen-bond donors (Lipinski definition) is 2. The van der Waals surface area contributed by atoms with Gasteiger partial charge in [-0.3, -0.25) is 4.79 Å². The number of amides is 1. The molecule has 1 aliphatic heterocycles. The second-order valence-electron chi connectivity index (χ2n) is 6.69. The standard InChI is InChI=1S/C18H25N5O2/c1-12-8-16(9-13(2)25-12)21-14(3)18(24)22-15-4-6-17(7-5-15)23-11-19-10-20-23/h4-7,10-14,16,21H,8-9H2,1-3H3,(H,22,24)/t12-,13+,14-,16?/m0/s1. The third-order valence-electron chi connectivity index (χ3n) is 4.39. The molecule has 1 aliphatic rings. The highest BCUT2D eigenvalue weighted by Crippen LogP contribution is 2.19. The topological polar surface area (TPSA) is 81.1 Å². The number of carbonyl (C=O) groups is 1. The van der Waals surface area contributed by atoms with Gasteiger partial charge in [-0.25, -0.2) is 9.67 Å². The predicted molar refractivity (Wildman–Crippen MR) is 95.6 cm³/mol. The van der Waals surface area contributed by atoms with Gasteiger partial charge in [0, 0.05) is 11.7 Å². The van der Waals surface area contributed by atoms with E-state index in [1.54, 1.807) is 11.0 Å². The molecule has 0 radical (unpaired) electrons. The minimum absolute atomic E-state index is 0.0414. The Morgan fingerprint density at radius 3 is 2.52 bits per heavy atom. The summed E-state index contributed by atoms with van der Waals surface area (Å²) in [5.74, 6) is -0.0414. The molecule has 2 aromatic rings. The highest BCUT2D eigenvalue weighted by Gasteiger charge is 2.26. The SMILES string of the molecule is C[C@@H]1CC(N[C@@H](C)C(=O)Nc2ccc(-n3cncn3)cc2)C[C@H](C)O1. The van der Waals surface area contributed by atoms with E-state index >= 15 is 0 Å². The highest BCUT2D eigenvalue weighted by atomic mass is 16.5. The Bertz CT molecular complexity index is 676. The van der Waals surface area contributed by atoms with Crippen molar-refractivity contribution in [3.05, 3.63) is 36.9 Å². The van der Waals surface area contributed by atoms with Gasteiger partial charge in [0.1, 0.15) is 12.7 Å². The van der Waals surface area contributed by atoms with E-state index in [0.29, 0.717) is 6.04 Å². The Labute approximate surface area is 147 Å². The zero-order valence-electron chi connectivity index (χ0n) is 14.8. The molecule has 7 nitrogen and oxygen atoms in total. The van der Waals surface area contributed by atoms with Crippen molar-refractivity contribution >= 4 is 11.6 Å². The van der Waals surface area contributed by atoms with Crippen LogP contribution in [0.15, 0.2) is 36.9 Å². The lowest BCUT2D eigenvalue weighted by Crippen LogP contribution is -2.48. The number of rotatable bonds is 5. The molecular weight excluding hydrogens is 318 g/mol. The van der Waals surface area contributed by atoms with E-state index in [4.69, 9.17) is 4.74 Å². The monoisotopic (exact) mass is 343 g/mol. The van der Waals surface area contributed by atoms with Gasteiger partial charge >= 0.3 is 0 Å². The third kappa shape index (κ3) is 4.64. The van der Waals surface area contributed by atoms with Crippen molar-refractivity contribution in [2.24, 2.45) is 0 Å². The van der Waals surface area contributed by atoms with Gasteiger partial charge in [0.2, 0.25) is 5.91 Å². The number of nitrogens with one attached hydrogen (secondary N) is 2. The number of ether oxygens (including phenoxy) is 1. The smallest absolute Gasteiger partial charge is 0.241 e. The average molecular weight is 343 g/mol. The largest absolute Gasteiger partial charge is 0.375 e. The summed E-state index contributed by atoms with van der Waals surface area (Å²) in [4.78, 5) is 16.4. The molecule has 25 heavy (non-hydrogen) atoms. The van der Waals surface area contributed by atoms with E-state index in [2.05, 4.69) is 34.6 Å². The molecule has 1 aromatic carbocycles. The van der Waals surface area contributed by atoms with Gasteiger partial charge in [0.15, 0.2) is 0 Å². The summed E-state index contributed by atoms with van der Waals surface area (Å²) in [7, 11) is 0. The van der Waals surface area contributed by atoms with Crippen LogP contribution in [0.25, 0.3) is 5.69 Å². The lowest BCUT2D eigenvalue weighted by molar-refractivity contribution is -0.118. The number of carbonyl (C=O) groups excluding carboxylic acids is 1. The number of benzene rings is 1. The Kier molecular flexibility index (Phi) is 5.45. The number of hydrogen-bond acceptors (Lipinski definition) is 5. The van der Waals surface area contributed by atoms with Gasteiger partial charge in [-0.15, -0.1) is 0 Å². The normalized spacial score (nSPS) is 24.7. The fourth-order valence-electron chi connectivity index (χ4n) is 3.26. The Morgan fingerprint density at radius 2 is 1.92 bits per heavy atom. The van der Waals surface area contributed by atoms with Crippen molar-refractivity contribution in [2.45, 2.75) is 57.9 Å². The number of anilines is 1. The maximum atomic E-state index is 12.4. The van der Waals surface area contributed by atoms with Gasteiger partial charge in [0.25, 0.3) is 0 Å².